The molecule has 1 aromatic heterocycles. The van der Waals surface area contributed by atoms with Gasteiger partial charge in [0.2, 0.25) is 0 Å². The Balaban J connectivity index is 0.000000292. The molecule has 0 N–H and O–H groups in total. The smallest absolute Gasteiger partial charge is 0.129 e. The third-order valence-corrected chi connectivity index (χ3v) is 1.97. The summed E-state index contributed by atoms with van der Waals surface area (Å²) in [4.78, 5) is 13.6. The molecule has 0 fully saturated rings. The van der Waals surface area contributed by atoms with Gasteiger partial charge in [-0.25, -0.2) is 4.98 Å². The number of hydrogen-bond acceptors (Lipinski definition) is 2. The number of rotatable bonds is 2. The van der Waals surface area contributed by atoms with Crippen LogP contribution in [0.2, 0.25) is 5.15 Å². The Kier molecular flexibility index (Phi) is 7.44. The summed E-state index contributed by atoms with van der Waals surface area (Å²) in [6.07, 6.45) is 2.33. The first-order chi connectivity index (χ1) is 6.60. The molecule has 0 radical (unpaired) electrons. The summed E-state index contributed by atoms with van der Waals surface area (Å²) in [5.41, 5.74) is 0.987. The van der Waals surface area contributed by atoms with Gasteiger partial charge in [-0.1, -0.05) is 24.6 Å². The molecule has 0 aromatic carbocycles. The third kappa shape index (κ3) is 6.87. The molecule has 0 spiro atoms. The van der Waals surface area contributed by atoms with E-state index in [1.807, 2.05) is 13.0 Å². The van der Waals surface area contributed by atoms with Crippen molar-refractivity contribution in [1.82, 2.24) is 4.98 Å². The van der Waals surface area contributed by atoms with Gasteiger partial charge in [0.05, 0.1) is 0 Å². The molecule has 0 bridgehead atoms. The van der Waals surface area contributed by atoms with Crippen molar-refractivity contribution in [3.63, 3.8) is 0 Å². The molecule has 78 valence electrons. The molecule has 1 rings (SSSR count). The second-order valence-electron chi connectivity index (χ2n) is 2.68. The number of ketones is 1. The van der Waals surface area contributed by atoms with Crippen molar-refractivity contribution >= 4 is 29.0 Å². The van der Waals surface area contributed by atoms with Gasteiger partial charge in [-0.15, -0.1) is 11.6 Å². The molecule has 2 nitrogen and oxygen atoms in total. The number of hydrogen-bond donors (Lipinski definition) is 0. The lowest BCUT2D eigenvalue weighted by Gasteiger charge is -1.91. The van der Waals surface area contributed by atoms with Gasteiger partial charge >= 0.3 is 0 Å². The minimum absolute atomic E-state index is 0.255. The first-order valence-electron chi connectivity index (χ1n) is 4.26. The van der Waals surface area contributed by atoms with Gasteiger partial charge in [-0.05, 0) is 18.6 Å². The zero-order chi connectivity index (χ0) is 11.0. The molecule has 0 aliphatic carbocycles. The van der Waals surface area contributed by atoms with Crippen molar-refractivity contribution in [2.24, 2.45) is 0 Å². The first kappa shape index (κ1) is 13.4. The first-order valence-corrected chi connectivity index (χ1v) is 5.17. The summed E-state index contributed by atoms with van der Waals surface area (Å²) in [7, 11) is 0. The highest BCUT2D eigenvalue weighted by atomic mass is 35.5. The van der Waals surface area contributed by atoms with E-state index in [-0.39, 0.29) is 5.78 Å². The molecular formula is C10H13Cl2NO. The Morgan fingerprint density at radius 1 is 1.50 bits per heavy atom. The van der Waals surface area contributed by atoms with Crippen molar-refractivity contribution in [1.29, 1.82) is 0 Å². The molecule has 4 heteroatoms. The van der Waals surface area contributed by atoms with Crippen LogP contribution in [0.1, 0.15) is 25.8 Å². The lowest BCUT2D eigenvalue weighted by Crippen LogP contribution is -1.80. The largest absolute Gasteiger partial charge is 0.300 e. The van der Waals surface area contributed by atoms with Crippen molar-refractivity contribution in [2.75, 3.05) is 0 Å². The van der Waals surface area contributed by atoms with Crippen LogP contribution in [0.5, 0.6) is 0 Å². The molecule has 0 aliphatic heterocycles. The molecular weight excluding hydrogens is 221 g/mol. The van der Waals surface area contributed by atoms with Gasteiger partial charge in [-0.2, -0.15) is 0 Å². The zero-order valence-corrected chi connectivity index (χ0v) is 9.77. The normalized spacial score (nSPS) is 8.86. The molecule has 0 saturated carbocycles. The van der Waals surface area contributed by atoms with Crippen molar-refractivity contribution in [2.45, 2.75) is 26.1 Å². The molecule has 0 aliphatic rings. The number of carbonyl (C=O) groups is 1. The van der Waals surface area contributed by atoms with Gasteiger partial charge in [0.25, 0.3) is 0 Å². The molecule has 0 saturated heterocycles. The summed E-state index contributed by atoms with van der Waals surface area (Å²) in [5, 5.41) is 0.504. The highest BCUT2D eigenvalue weighted by Gasteiger charge is 1.88. The van der Waals surface area contributed by atoms with E-state index in [1.54, 1.807) is 19.2 Å². The predicted molar refractivity (Wildman–Crippen MR) is 59.8 cm³/mol. The van der Waals surface area contributed by atoms with E-state index in [9.17, 15) is 4.79 Å². The Bertz CT molecular complexity index is 272. The van der Waals surface area contributed by atoms with Gasteiger partial charge in [0.15, 0.2) is 0 Å². The fourth-order valence-corrected chi connectivity index (χ4v) is 0.755. The second-order valence-corrected chi connectivity index (χ2v) is 3.33. The summed E-state index contributed by atoms with van der Waals surface area (Å²) in [6, 6.07) is 3.57. The van der Waals surface area contributed by atoms with Crippen molar-refractivity contribution in [3.05, 3.63) is 29.0 Å². The third-order valence-electron chi connectivity index (χ3n) is 1.44. The molecule has 14 heavy (non-hydrogen) atoms. The minimum Gasteiger partial charge on any atom is -0.300 e. The predicted octanol–water partition coefficient (Wildman–Crippen LogP) is 3.46. The van der Waals surface area contributed by atoms with Gasteiger partial charge in [0, 0.05) is 18.5 Å². The SMILES string of the molecule is CCC(C)=O.ClCc1ccc(Cl)nc1. The van der Waals surface area contributed by atoms with Crippen LogP contribution in [0.3, 0.4) is 0 Å². The maximum atomic E-state index is 9.81. The van der Waals surface area contributed by atoms with Crippen LogP contribution in [0.15, 0.2) is 18.3 Å². The van der Waals surface area contributed by atoms with Crippen LogP contribution in [0, 0.1) is 0 Å². The molecule has 0 atom stereocenters. The number of nitrogens with zero attached hydrogens (tertiary/aromatic N) is 1. The van der Waals surface area contributed by atoms with Crippen molar-refractivity contribution in [3.8, 4) is 0 Å². The van der Waals surface area contributed by atoms with Gasteiger partial charge in [-0.3, -0.25) is 0 Å². The van der Waals surface area contributed by atoms with E-state index in [0.717, 1.165) is 5.56 Å². The van der Waals surface area contributed by atoms with Crippen molar-refractivity contribution < 1.29 is 4.79 Å². The van der Waals surface area contributed by atoms with E-state index < -0.39 is 0 Å². The molecule has 1 aromatic rings. The highest BCUT2D eigenvalue weighted by Crippen LogP contribution is 2.06. The summed E-state index contributed by atoms with van der Waals surface area (Å²) < 4.78 is 0. The second kappa shape index (κ2) is 7.77. The van der Waals surface area contributed by atoms with Crippen LogP contribution in [-0.2, 0) is 10.7 Å². The average Bonchev–Trinajstić information content (AvgIpc) is 2.20. The lowest BCUT2D eigenvalue weighted by atomic mass is 10.3. The van der Waals surface area contributed by atoms with E-state index in [0.29, 0.717) is 17.5 Å². The van der Waals surface area contributed by atoms with Crippen LogP contribution < -0.4 is 0 Å². The van der Waals surface area contributed by atoms with Crippen LogP contribution in [-0.4, -0.2) is 10.8 Å². The zero-order valence-electron chi connectivity index (χ0n) is 8.26. The quantitative estimate of drug-likeness (QED) is 0.579. The number of Topliss-reactive ketones (excluding diaryl/α,β-unsaturated/α-hetero) is 1. The average molecular weight is 234 g/mol. The topological polar surface area (TPSA) is 30.0 Å². The maximum absolute atomic E-state index is 9.81. The Morgan fingerprint density at radius 3 is 2.36 bits per heavy atom. The van der Waals surface area contributed by atoms with Crippen LogP contribution in [0.25, 0.3) is 0 Å². The van der Waals surface area contributed by atoms with Gasteiger partial charge < -0.3 is 4.79 Å². The fraction of sp³-hybridized carbons (Fsp3) is 0.400. The fourth-order valence-electron chi connectivity index (χ4n) is 0.485. The Morgan fingerprint density at radius 2 is 2.07 bits per heavy atom. The Labute approximate surface area is 94.2 Å². The van der Waals surface area contributed by atoms with Crippen LogP contribution >= 0.6 is 23.2 Å². The minimum atomic E-state index is 0.255. The standard InChI is InChI=1S/C6H5Cl2N.C4H8O/c7-3-5-1-2-6(8)9-4-5;1-3-4(2)5/h1-2,4H,3H2;3H2,1-2H3. The Hall–Kier alpha value is -0.600. The van der Waals surface area contributed by atoms with Gasteiger partial charge in [0.1, 0.15) is 10.9 Å². The monoisotopic (exact) mass is 233 g/mol. The highest BCUT2D eigenvalue weighted by molar-refractivity contribution is 6.29. The van der Waals surface area contributed by atoms with E-state index in [4.69, 9.17) is 23.2 Å². The molecule has 0 amide bonds. The molecule has 1 heterocycles. The summed E-state index contributed by atoms with van der Waals surface area (Å²) in [6.45, 7) is 3.43. The number of aromatic nitrogens is 1. The summed E-state index contributed by atoms with van der Waals surface area (Å²) in [5.74, 6) is 0.745. The number of carbonyl (C=O) groups excluding carboxylic acids is 1. The maximum Gasteiger partial charge on any atom is 0.129 e. The van der Waals surface area contributed by atoms with E-state index in [2.05, 4.69) is 4.98 Å². The summed E-state index contributed by atoms with van der Waals surface area (Å²) >= 11 is 11.0. The number of halogens is 2. The van der Waals surface area contributed by atoms with E-state index in [1.165, 1.54) is 0 Å². The van der Waals surface area contributed by atoms with E-state index >= 15 is 0 Å². The van der Waals surface area contributed by atoms with Crippen LogP contribution in [0.4, 0.5) is 0 Å². The number of pyridine rings is 1. The lowest BCUT2D eigenvalue weighted by molar-refractivity contribution is -0.116. The number of alkyl halides is 1. The molecule has 0 unspecified atom stereocenters.